The normalized spacial score (nSPS) is 13.5. The van der Waals surface area contributed by atoms with Gasteiger partial charge in [0.2, 0.25) is 0 Å². The Bertz CT molecular complexity index is 3620. The Balaban J connectivity index is 1.07. The molecular formula is C68H69NO3S6. The highest BCUT2D eigenvalue weighted by molar-refractivity contribution is 7.33. The number of hydrogen-bond acceptors (Lipinski definition) is 9. The van der Waals surface area contributed by atoms with E-state index < -0.39 is 0 Å². The summed E-state index contributed by atoms with van der Waals surface area (Å²) in [5, 5.41) is 3.42. The third-order valence-electron chi connectivity index (χ3n) is 16.0. The Morgan fingerprint density at radius 3 is 1.59 bits per heavy atom. The fourth-order valence-electron chi connectivity index (χ4n) is 11.5. The fourth-order valence-corrected chi connectivity index (χ4v) is 19.4. The second kappa shape index (κ2) is 24.6. The van der Waals surface area contributed by atoms with Gasteiger partial charge < -0.3 is 0 Å². The Morgan fingerprint density at radius 1 is 0.462 bits per heavy atom. The molecule has 0 radical (unpaired) electrons. The van der Waals surface area contributed by atoms with Crippen molar-refractivity contribution in [1.82, 2.24) is 0 Å². The summed E-state index contributed by atoms with van der Waals surface area (Å²) in [7, 11) is 0. The molecular weight excluding hydrogens is 1070 g/mol. The van der Waals surface area contributed by atoms with E-state index in [0.29, 0.717) is 39.9 Å². The van der Waals surface area contributed by atoms with Crippen LogP contribution in [0, 0.1) is 11.8 Å². The highest BCUT2D eigenvalue weighted by atomic mass is 32.1. The van der Waals surface area contributed by atoms with Crippen LogP contribution in [0.4, 0.5) is 5.69 Å². The minimum absolute atomic E-state index is 0.0969. The van der Waals surface area contributed by atoms with Gasteiger partial charge in [-0.05, 0) is 103 Å². The lowest BCUT2D eigenvalue weighted by atomic mass is 9.95. The van der Waals surface area contributed by atoms with Gasteiger partial charge in [-0.2, -0.15) is 0 Å². The average Bonchev–Trinajstić information content (AvgIpc) is 4.52. The topological polar surface area (TPSA) is 54.5 Å². The average molecular weight is 1140 g/mol. The van der Waals surface area contributed by atoms with Crippen LogP contribution in [0.3, 0.4) is 0 Å². The van der Waals surface area contributed by atoms with E-state index in [1.807, 2.05) is 51.4 Å². The van der Waals surface area contributed by atoms with Crippen LogP contribution in [-0.4, -0.2) is 17.6 Å². The SMILES string of the molecule is CCCCCCCC(=O)c1ccc(N2C(=O)c3sc4c(-c5cc6c(-c7ccc(CC(CC)CCCC)s7)c7sc(-c8ccccc8)cc7c(-c7ccc(CC(CC)CCCC)s7)c6s5)sc(-c5ccccc5)c4c3C2=O)cc1. The van der Waals surface area contributed by atoms with E-state index in [-0.39, 0.29) is 17.6 Å². The van der Waals surface area contributed by atoms with E-state index in [0.717, 1.165) is 68.8 Å². The molecule has 400 valence electrons. The van der Waals surface area contributed by atoms with Crippen molar-refractivity contribution in [3.63, 3.8) is 0 Å². The number of carbonyl (C=O) groups is 3. The number of rotatable bonds is 25. The van der Waals surface area contributed by atoms with Crippen LogP contribution in [-0.2, 0) is 12.8 Å². The van der Waals surface area contributed by atoms with Gasteiger partial charge in [-0.25, -0.2) is 4.90 Å². The lowest BCUT2D eigenvalue weighted by Gasteiger charge is -2.14. The number of imide groups is 1. The predicted molar refractivity (Wildman–Crippen MR) is 343 cm³/mol. The van der Waals surface area contributed by atoms with Crippen molar-refractivity contribution >= 4 is 122 Å². The molecule has 78 heavy (non-hydrogen) atoms. The number of anilines is 1. The summed E-state index contributed by atoms with van der Waals surface area (Å²) in [5.41, 5.74) is 6.47. The third-order valence-corrected chi connectivity index (χ3v) is 23.3. The Labute approximate surface area is 484 Å². The minimum atomic E-state index is -0.310. The molecule has 0 bridgehead atoms. The molecule has 2 unspecified atom stereocenters. The van der Waals surface area contributed by atoms with Gasteiger partial charge >= 0.3 is 0 Å². The van der Waals surface area contributed by atoms with Crippen LogP contribution < -0.4 is 4.90 Å². The minimum Gasteiger partial charge on any atom is -0.294 e. The Kier molecular flexibility index (Phi) is 17.2. The van der Waals surface area contributed by atoms with Crippen LogP contribution in [0.25, 0.3) is 81.8 Å². The summed E-state index contributed by atoms with van der Waals surface area (Å²) < 4.78 is 3.59. The van der Waals surface area contributed by atoms with Gasteiger partial charge in [-0.15, -0.1) is 68.0 Å². The van der Waals surface area contributed by atoms with Gasteiger partial charge in [0, 0.05) is 82.8 Å². The highest BCUT2D eigenvalue weighted by Gasteiger charge is 2.42. The monoisotopic (exact) mass is 1140 g/mol. The zero-order chi connectivity index (χ0) is 53.9. The van der Waals surface area contributed by atoms with E-state index in [9.17, 15) is 14.4 Å². The Hall–Kier alpha value is -5.33. The molecule has 0 saturated carbocycles. The van der Waals surface area contributed by atoms with Gasteiger partial charge in [0.05, 0.1) is 20.8 Å². The van der Waals surface area contributed by atoms with Crippen molar-refractivity contribution < 1.29 is 14.4 Å². The zero-order valence-corrected chi connectivity index (χ0v) is 50.5. The number of unbranched alkanes of at least 4 members (excludes halogenated alkanes) is 6. The van der Waals surface area contributed by atoms with Gasteiger partial charge in [0.25, 0.3) is 11.8 Å². The number of hydrogen-bond donors (Lipinski definition) is 0. The van der Waals surface area contributed by atoms with Gasteiger partial charge in [0.15, 0.2) is 5.78 Å². The smallest absolute Gasteiger partial charge is 0.276 e. The molecule has 1 aliphatic rings. The van der Waals surface area contributed by atoms with E-state index in [1.54, 1.807) is 35.6 Å². The van der Waals surface area contributed by atoms with Gasteiger partial charge in [0.1, 0.15) is 4.88 Å². The molecule has 11 rings (SSSR count). The molecule has 2 amide bonds. The summed E-state index contributed by atoms with van der Waals surface area (Å²) in [5.74, 6) is 0.822. The van der Waals surface area contributed by atoms with Crippen molar-refractivity contribution in [3.05, 3.63) is 147 Å². The maximum Gasteiger partial charge on any atom is 0.276 e. The number of Topliss-reactive ketones (excluding diaryl/α,β-unsaturated/α-hetero) is 1. The molecule has 0 N–H and O–H groups in total. The molecule has 4 aromatic carbocycles. The number of fused-ring (bicyclic) bond motifs is 5. The number of benzene rings is 4. The van der Waals surface area contributed by atoms with Gasteiger partial charge in [-0.3, -0.25) is 14.4 Å². The first-order valence-corrected chi connectivity index (χ1v) is 33.5. The van der Waals surface area contributed by atoms with Crippen LogP contribution in [0.1, 0.15) is 165 Å². The molecule has 10 heteroatoms. The quantitative estimate of drug-likeness (QED) is 0.0326. The van der Waals surface area contributed by atoms with Gasteiger partial charge in [-0.1, -0.05) is 172 Å². The largest absolute Gasteiger partial charge is 0.294 e. The van der Waals surface area contributed by atoms with E-state index in [1.165, 1.54) is 135 Å². The molecule has 1 aliphatic heterocycles. The summed E-state index contributed by atoms with van der Waals surface area (Å²) >= 11 is 10.9. The maximum atomic E-state index is 15.0. The molecule has 0 saturated heterocycles. The van der Waals surface area contributed by atoms with E-state index >= 15 is 0 Å². The molecule has 6 aromatic heterocycles. The van der Waals surface area contributed by atoms with Crippen LogP contribution in [0.15, 0.2) is 121 Å². The predicted octanol–water partition coefficient (Wildman–Crippen LogP) is 22.7. The Morgan fingerprint density at radius 2 is 1.01 bits per heavy atom. The highest BCUT2D eigenvalue weighted by Crippen LogP contribution is 2.58. The lowest BCUT2D eigenvalue weighted by molar-refractivity contribution is 0.0926. The number of thiophene rings is 6. The standard InChI is InChI=1S/C68H69NO3S6/c1-6-11-14-15-22-29-52(70)44-30-32-47(33-31-44)69-67(71)60-59-61(46-27-20-17-21-28-46)77-64(65(59)78-66(60)68(69)72)56-41-51-58(54-37-35-49(74-54)39-43(10-5)24-13-8-3)62-50(40-55(75-62)45-25-18-16-19-26-45)57(63(51)76-56)53-36-34-48(73-53)38-42(9-4)23-12-7-2/h16-21,25-28,30-37,40-43H,6-15,22-24,29,38-39H2,1-5H3. The van der Waals surface area contributed by atoms with Crippen molar-refractivity contribution in [3.8, 4) is 51.5 Å². The molecule has 0 aliphatic carbocycles. The first-order chi connectivity index (χ1) is 38.2. The molecule has 7 heterocycles. The first kappa shape index (κ1) is 54.6. The molecule has 2 atom stereocenters. The number of ketones is 1. The van der Waals surface area contributed by atoms with Crippen LogP contribution in [0.2, 0.25) is 0 Å². The fraction of sp³-hybridized carbons (Fsp3) is 0.338. The molecule has 0 spiro atoms. The second-order valence-electron chi connectivity index (χ2n) is 21.3. The summed E-state index contributed by atoms with van der Waals surface area (Å²) in [6.45, 7) is 11.5. The van der Waals surface area contributed by atoms with Crippen LogP contribution in [0.5, 0.6) is 0 Å². The number of carbonyl (C=O) groups excluding carboxylic acids is 3. The summed E-state index contributed by atoms with van der Waals surface area (Å²) in [4.78, 5) is 54.7. The van der Waals surface area contributed by atoms with Crippen LogP contribution >= 0.6 is 68.0 Å². The van der Waals surface area contributed by atoms with E-state index in [4.69, 9.17) is 0 Å². The number of nitrogens with zero attached hydrogens (tertiary/aromatic N) is 1. The zero-order valence-electron chi connectivity index (χ0n) is 45.6. The summed E-state index contributed by atoms with van der Waals surface area (Å²) in [6, 6.07) is 42.9. The first-order valence-electron chi connectivity index (χ1n) is 28.6. The third kappa shape index (κ3) is 10.9. The molecule has 10 aromatic rings. The van der Waals surface area contributed by atoms with Crippen molar-refractivity contribution in [2.45, 2.75) is 137 Å². The van der Waals surface area contributed by atoms with Crippen molar-refractivity contribution in [2.24, 2.45) is 11.8 Å². The summed E-state index contributed by atoms with van der Waals surface area (Å²) in [6.07, 6.45) is 18.0. The molecule has 4 nitrogen and oxygen atoms in total. The maximum absolute atomic E-state index is 15.0. The lowest BCUT2D eigenvalue weighted by Crippen LogP contribution is -2.29. The van der Waals surface area contributed by atoms with Crippen molar-refractivity contribution in [2.75, 3.05) is 4.90 Å². The number of amides is 2. The van der Waals surface area contributed by atoms with Crippen molar-refractivity contribution in [1.29, 1.82) is 0 Å². The van der Waals surface area contributed by atoms with E-state index in [2.05, 4.69) is 126 Å². The second-order valence-corrected chi connectivity index (χ2v) is 27.8. The molecule has 0 fully saturated rings.